The first kappa shape index (κ1) is 14.0. The van der Waals surface area contributed by atoms with E-state index in [4.69, 9.17) is 10.5 Å². The van der Waals surface area contributed by atoms with E-state index in [0.717, 1.165) is 0 Å². The molecule has 0 unspecified atom stereocenters. The third-order valence-electron chi connectivity index (χ3n) is 2.19. The lowest BCUT2D eigenvalue weighted by molar-refractivity contribution is -0.122. The molecule has 18 heavy (non-hydrogen) atoms. The van der Waals surface area contributed by atoms with Crippen LogP contribution in [0.3, 0.4) is 0 Å². The third kappa shape index (κ3) is 4.45. The number of carbonyl (C=O) groups excluding carboxylic acids is 2. The van der Waals surface area contributed by atoms with Crippen molar-refractivity contribution in [3.05, 3.63) is 29.8 Å². The molecule has 0 radical (unpaired) electrons. The number of anilines is 1. The van der Waals surface area contributed by atoms with Crippen molar-refractivity contribution in [2.45, 2.75) is 26.3 Å². The SMILES string of the molecule is CC(C)NC(=O)CCOC(=O)c1ccccc1N. The van der Waals surface area contributed by atoms with Crippen molar-refractivity contribution < 1.29 is 14.3 Å². The van der Waals surface area contributed by atoms with Crippen LogP contribution in [0.1, 0.15) is 30.6 Å². The second kappa shape index (κ2) is 6.64. The quantitative estimate of drug-likeness (QED) is 0.610. The van der Waals surface area contributed by atoms with Crippen LogP contribution >= 0.6 is 0 Å². The number of nitrogens with two attached hydrogens (primary N) is 1. The molecular weight excluding hydrogens is 232 g/mol. The summed E-state index contributed by atoms with van der Waals surface area (Å²) in [4.78, 5) is 22.9. The van der Waals surface area contributed by atoms with Crippen molar-refractivity contribution in [1.29, 1.82) is 0 Å². The van der Waals surface area contributed by atoms with Gasteiger partial charge in [-0.05, 0) is 26.0 Å². The van der Waals surface area contributed by atoms with Crippen molar-refractivity contribution in [1.82, 2.24) is 5.32 Å². The highest BCUT2D eigenvalue weighted by Gasteiger charge is 2.11. The van der Waals surface area contributed by atoms with E-state index < -0.39 is 5.97 Å². The van der Waals surface area contributed by atoms with Gasteiger partial charge in [-0.2, -0.15) is 0 Å². The Hall–Kier alpha value is -2.04. The summed E-state index contributed by atoms with van der Waals surface area (Å²) in [5.41, 5.74) is 6.33. The van der Waals surface area contributed by atoms with E-state index >= 15 is 0 Å². The van der Waals surface area contributed by atoms with Crippen LogP contribution in [-0.4, -0.2) is 24.5 Å². The van der Waals surface area contributed by atoms with Crippen LogP contribution in [0.25, 0.3) is 0 Å². The molecule has 5 nitrogen and oxygen atoms in total. The zero-order valence-electron chi connectivity index (χ0n) is 10.6. The fourth-order valence-electron chi connectivity index (χ4n) is 1.39. The maximum absolute atomic E-state index is 11.6. The van der Waals surface area contributed by atoms with Gasteiger partial charge in [0.15, 0.2) is 0 Å². The number of hydrogen-bond acceptors (Lipinski definition) is 4. The highest BCUT2D eigenvalue weighted by atomic mass is 16.5. The first-order chi connectivity index (χ1) is 8.50. The fraction of sp³-hybridized carbons (Fsp3) is 0.385. The predicted molar refractivity (Wildman–Crippen MR) is 69.0 cm³/mol. The molecule has 98 valence electrons. The third-order valence-corrected chi connectivity index (χ3v) is 2.19. The number of rotatable bonds is 5. The molecule has 0 bridgehead atoms. The molecule has 0 atom stereocenters. The number of carbonyl (C=O) groups is 2. The molecule has 0 aliphatic rings. The molecule has 0 saturated carbocycles. The van der Waals surface area contributed by atoms with Crippen LogP contribution in [0, 0.1) is 0 Å². The predicted octanol–water partition coefficient (Wildman–Crippen LogP) is 1.34. The van der Waals surface area contributed by atoms with Crippen LogP contribution in [0.15, 0.2) is 24.3 Å². The van der Waals surface area contributed by atoms with Crippen molar-refractivity contribution in [2.75, 3.05) is 12.3 Å². The van der Waals surface area contributed by atoms with Crippen molar-refractivity contribution >= 4 is 17.6 Å². The minimum atomic E-state index is -0.509. The second-order valence-corrected chi connectivity index (χ2v) is 4.20. The van der Waals surface area contributed by atoms with Gasteiger partial charge >= 0.3 is 5.97 Å². The van der Waals surface area contributed by atoms with Gasteiger partial charge in [0.2, 0.25) is 5.91 Å². The van der Waals surface area contributed by atoms with E-state index in [9.17, 15) is 9.59 Å². The Kier molecular flexibility index (Phi) is 5.17. The summed E-state index contributed by atoms with van der Waals surface area (Å²) in [6.07, 6.45) is 0.149. The van der Waals surface area contributed by atoms with Gasteiger partial charge < -0.3 is 15.8 Å². The second-order valence-electron chi connectivity index (χ2n) is 4.20. The Morgan fingerprint density at radius 1 is 1.33 bits per heavy atom. The summed E-state index contributed by atoms with van der Waals surface area (Å²) in [5, 5.41) is 2.71. The molecule has 3 N–H and O–H groups in total. The van der Waals surface area contributed by atoms with Crippen LogP contribution in [0.2, 0.25) is 0 Å². The number of para-hydroxylation sites is 1. The number of amides is 1. The molecule has 5 heteroatoms. The van der Waals surface area contributed by atoms with Gasteiger partial charge in [-0.25, -0.2) is 4.79 Å². The van der Waals surface area contributed by atoms with Gasteiger partial charge in [-0.1, -0.05) is 12.1 Å². The van der Waals surface area contributed by atoms with E-state index in [1.54, 1.807) is 24.3 Å². The van der Waals surface area contributed by atoms with Gasteiger partial charge in [0, 0.05) is 11.7 Å². The zero-order chi connectivity index (χ0) is 13.5. The summed E-state index contributed by atoms with van der Waals surface area (Å²) in [5.74, 6) is -0.649. The van der Waals surface area contributed by atoms with E-state index in [-0.39, 0.29) is 25.0 Å². The molecule has 1 aromatic rings. The minimum absolute atomic E-state index is 0.0473. The lowest BCUT2D eigenvalue weighted by atomic mass is 10.2. The molecule has 0 fully saturated rings. The van der Waals surface area contributed by atoms with Crippen LogP contribution in [0.4, 0.5) is 5.69 Å². The number of hydrogen-bond donors (Lipinski definition) is 2. The number of nitrogens with one attached hydrogen (secondary N) is 1. The average molecular weight is 250 g/mol. The zero-order valence-corrected chi connectivity index (χ0v) is 10.6. The Labute approximate surface area is 106 Å². The number of nitrogen functional groups attached to an aromatic ring is 1. The summed E-state index contributed by atoms with van der Waals surface area (Å²) in [6, 6.07) is 6.74. The first-order valence-corrected chi connectivity index (χ1v) is 5.81. The molecule has 0 spiro atoms. The summed E-state index contributed by atoms with van der Waals surface area (Å²) < 4.78 is 4.98. The van der Waals surface area contributed by atoms with E-state index in [2.05, 4.69) is 5.32 Å². The van der Waals surface area contributed by atoms with Crippen molar-refractivity contribution in [3.63, 3.8) is 0 Å². The smallest absolute Gasteiger partial charge is 0.340 e. The molecule has 1 amide bonds. The fourth-order valence-corrected chi connectivity index (χ4v) is 1.39. The molecular formula is C13H18N2O3. The topological polar surface area (TPSA) is 81.4 Å². The normalized spacial score (nSPS) is 10.2. The van der Waals surface area contributed by atoms with Crippen molar-refractivity contribution in [2.24, 2.45) is 0 Å². The van der Waals surface area contributed by atoms with Gasteiger partial charge in [0.1, 0.15) is 6.61 Å². The maximum Gasteiger partial charge on any atom is 0.340 e. The lowest BCUT2D eigenvalue weighted by Gasteiger charge is -2.09. The monoisotopic (exact) mass is 250 g/mol. The molecule has 1 rings (SSSR count). The Morgan fingerprint density at radius 2 is 2.00 bits per heavy atom. The minimum Gasteiger partial charge on any atom is -0.461 e. The van der Waals surface area contributed by atoms with Gasteiger partial charge in [-0.3, -0.25) is 4.79 Å². The lowest BCUT2D eigenvalue weighted by Crippen LogP contribution is -2.31. The number of esters is 1. The van der Waals surface area contributed by atoms with Crippen LogP contribution < -0.4 is 11.1 Å². The largest absolute Gasteiger partial charge is 0.461 e. The van der Waals surface area contributed by atoms with E-state index in [1.807, 2.05) is 13.8 Å². The molecule has 0 aromatic heterocycles. The first-order valence-electron chi connectivity index (χ1n) is 5.81. The number of benzene rings is 1. The van der Waals surface area contributed by atoms with Crippen LogP contribution in [-0.2, 0) is 9.53 Å². The molecule has 0 heterocycles. The molecule has 0 aliphatic carbocycles. The average Bonchev–Trinajstić information content (AvgIpc) is 2.28. The molecule has 0 saturated heterocycles. The van der Waals surface area contributed by atoms with E-state index in [1.165, 1.54) is 0 Å². The highest BCUT2D eigenvalue weighted by Crippen LogP contribution is 2.11. The van der Waals surface area contributed by atoms with Gasteiger partial charge in [-0.15, -0.1) is 0 Å². The van der Waals surface area contributed by atoms with Gasteiger partial charge in [0.05, 0.1) is 12.0 Å². The highest BCUT2D eigenvalue weighted by molar-refractivity contribution is 5.95. The van der Waals surface area contributed by atoms with Crippen LogP contribution in [0.5, 0.6) is 0 Å². The summed E-state index contributed by atoms with van der Waals surface area (Å²) in [7, 11) is 0. The van der Waals surface area contributed by atoms with Crippen molar-refractivity contribution in [3.8, 4) is 0 Å². The molecule has 0 aliphatic heterocycles. The van der Waals surface area contributed by atoms with Gasteiger partial charge in [0.25, 0.3) is 0 Å². The molecule has 1 aromatic carbocycles. The number of ether oxygens (including phenoxy) is 1. The standard InChI is InChI=1S/C13H18N2O3/c1-9(2)15-12(16)7-8-18-13(17)10-5-3-4-6-11(10)14/h3-6,9H,7-8,14H2,1-2H3,(H,15,16). The summed E-state index contributed by atoms with van der Waals surface area (Å²) in [6.45, 7) is 3.79. The summed E-state index contributed by atoms with van der Waals surface area (Å²) >= 11 is 0. The Bertz CT molecular complexity index is 430. The Balaban J connectivity index is 2.39. The van der Waals surface area contributed by atoms with E-state index in [0.29, 0.717) is 11.3 Å². The Morgan fingerprint density at radius 3 is 2.61 bits per heavy atom. The maximum atomic E-state index is 11.6.